The molecule has 0 heterocycles. The summed E-state index contributed by atoms with van der Waals surface area (Å²) in [6, 6.07) is 0. The molecule has 3 nitrogen and oxygen atoms in total. The summed E-state index contributed by atoms with van der Waals surface area (Å²) >= 11 is 0. The minimum Gasteiger partial charge on any atom is -0.380 e. The molecular formula is C13H30N2O. The molecule has 0 bridgehead atoms. The normalized spacial score (nSPS) is 12.9. The molecule has 0 aliphatic heterocycles. The monoisotopic (exact) mass is 230 g/mol. The third-order valence-electron chi connectivity index (χ3n) is 2.88. The lowest BCUT2D eigenvalue weighted by Crippen LogP contribution is -2.23. The van der Waals surface area contributed by atoms with Gasteiger partial charge < -0.3 is 15.8 Å². The van der Waals surface area contributed by atoms with Crippen LogP contribution >= 0.6 is 0 Å². The van der Waals surface area contributed by atoms with E-state index in [9.17, 15) is 0 Å². The zero-order valence-electron chi connectivity index (χ0n) is 11.1. The van der Waals surface area contributed by atoms with Gasteiger partial charge in [0.1, 0.15) is 0 Å². The largest absolute Gasteiger partial charge is 0.380 e. The highest BCUT2D eigenvalue weighted by Crippen LogP contribution is 2.12. The van der Waals surface area contributed by atoms with Gasteiger partial charge in [0.25, 0.3) is 0 Å². The highest BCUT2D eigenvalue weighted by Gasteiger charge is 2.05. The van der Waals surface area contributed by atoms with Crippen LogP contribution in [0.4, 0.5) is 0 Å². The lowest BCUT2D eigenvalue weighted by molar-refractivity contribution is 0.0957. The van der Waals surface area contributed by atoms with Crippen molar-refractivity contribution in [3.63, 3.8) is 0 Å². The van der Waals surface area contributed by atoms with E-state index in [0.717, 1.165) is 45.2 Å². The summed E-state index contributed by atoms with van der Waals surface area (Å²) in [5.74, 6) is 0.754. The van der Waals surface area contributed by atoms with E-state index in [1.54, 1.807) is 0 Å². The predicted octanol–water partition coefficient (Wildman–Crippen LogP) is 2.16. The molecule has 0 aromatic heterocycles. The Morgan fingerprint density at radius 1 is 1.19 bits per heavy atom. The van der Waals surface area contributed by atoms with Crippen molar-refractivity contribution in [1.82, 2.24) is 5.32 Å². The minimum absolute atomic E-state index is 0.754. The number of hydrogen-bond donors (Lipinski definition) is 2. The summed E-state index contributed by atoms with van der Waals surface area (Å²) in [5, 5.41) is 3.32. The lowest BCUT2D eigenvalue weighted by atomic mass is 10.0. The number of nitrogens with two attached hydrogens (primary N) is 1. The molecular weight excluding hydrogens is 200 g/mol. The molecule has 0 saturated heterocycles. The number of unbranched alkanes of at least 4 members (excludes halogenated alkanes) is 1. The molecule has 0 radical (unpaired) electrons. The van der Waals surface area contributed by atoms with E-state index in [-0.39, 0.29) is 0 Å². The standard InChI is InChI=1S/C13H30N2O/c1-3-5-7-13(4-2)12-16-11-10-15-9-6-8-14/h13,15H,3-12,14H2,1-2H3. The fraction of sp³-hybridized carbons (Fsp3) is 1.00. The smallest absolute Gasteiger partial charge is 0.0591 e. The fourth-order valence-electron chi connectivity index (χ4n) is 1.64. The summed E-state index contributed by atoms with van der Waals surface area (Å²) in [4.78, 5) is 0. The Kier molecular flexibility index (Phi) is 12.9. The molecule has 0 saturated carbocycles. The van der Waals surface area contributed by atoms with Gasteiger partial charge in [-0.2, -0.15) is 0 Å². The predicted molar refractivity (Wildman–Crippen MR) is 70.7 cm³/mol. The van der Waals surface area contributed by atoms with Crippen molar-refractivity contribution in [2.75, 3.05) is 32.8 Å². The van der Waals surface area contributed by atoms with Crippen molar-refractivity contribution in [3.8, 4) is 0 Å². The second kappa shape index (κ2) is 12.9. The molecule has 98 valence electrons. The van der Waals surface area contributed by atoms with E-state index in [1.807, 2.05) is 0 Å². The van der Waals surface area contributed by atoms with Gasteiger partial charge in [-0.1, -0.05) is 33.1 Å². The molecule has 0 aromatic rings. The Morgan fingerprint density at radius 3 is 2.62 bits per heavy atom. The van der Waals surface area contributed by atoms with Crippen LogP contribution in [0.1, 0.15) is 46.0 Å². The van der Waals surface area contributed by atoms with Gasteiger partial charge >= 0.3 is 0 Å². The quantitative estimate of drug-likeness (QED) is 0.505. The zero-order chi connectivity index (χ0) is 12.1. The van der Waals surface area contributed by atoms with Gasteiger partial charge in [-0.05, 0) is 31.8 Å². The van der Waals surface area contributed by atoms with Gasteiger partial charge in [-0.25, -0.2) is 0 Å². The van der Waals surface area contributed by atoms with Crippen molar-refractivity contribution in [1.29, 1.82) is 0 Å². The van der Waals surface area contributed by atoms with Crippen LogP contribution in [0, 0.1) is 5.92 Å². The third kappa shape index (κ3) is 10.4. The molecule has 0 aliphatic rings. The molecule has 0 amide bonds. The van der Waals surface area contributed by atoms with Crippen LogP contribution in [-0.4, -0.2) is 32.8 Å². The molecule has 16 heavy (non-hydrogen) atoms. The Hall–Kier alpha value is -0.120. The van der Waals surface area contributed by atoms with E-state index in [0.29, 0.717) is 0 Å². The number of nitrogens with one attached hydrogen (secondary N) is 1. The topological polar surface area (TPSA) is 47.3 Å². The summed E-state index contributed by atoms with van der Waals surface area (Å²) < 4.78 is 5.67. The van der Waals surface area contributed by atoms with Gasteiger partial charge in [-0.15, -0.1) is 0 Å². The molecule has 0 aliphatic carbocycles. The highest BCUT2D eigenvalue weighted by molar-refractivity contribution is 4.56. The van der Waals surface area contributed by atoms with Crippen molar-refractivity contribution in [2.45, 2.75) is 46.0 Å². The average molecular weight is 230 g/mol. The summed E-state index contributed by atoms with van der Waals surface area (Å²) in [6.07, 6.45) is 6.22. The van der Waals surface area contributed by atoms with Crippen LogP contribution in [0.5, 0.6) is 0 Å². The van der Waals surface area contributed by atoms with Crippen molar-refractivity contribution < 1.29 is 4.74 Å². The van der Waals surface area contributed by atoms with Crippen molar-refractivity contribution in [2.24, 2.45) is 11.7 Å². The van der Waals surface area contributed by atoms with E-state index in [1.165, 1.54) is 25.7 Å². The Morgan fingerprint density at radius 2 is 2.00 bits per heavy atom. The van der Waals surface area contributed by atoms with Crippen molar-refractivity contribution >= 4 is 0 Å². The Bertz CT molecular complexity index is 131. The van der Waals surface area contributed by atoms with E-state index >= 15 is 0 Å². The second-order valence-electron chi connectivity index (χ2n) is 4.38. The molecule has 0 rings (SSSR count). The fourth-order valence-corrected chi connectivity index (χ4v) is 1.64. The summed E-state index contributed by atoms with van der Waals surface area (Å²) in [6.45, 7) is 8.97. The second-order valence-corrected chi connectivity index (χ2v) is 4.38. The maximum absolute atomic E-state index is 5.67. The molecule has 0 fully saturated rings. The Balaban J connectivity index is 3.20. The number of ether oxygens (including phenoxy) is 1. The Labute approximate surface area is 101 Å². The average Bonchev–Trinajstić information content (AvgIpc) is 2.32. The van der Waals surface area contributed by atoms with Gasteiger partial charge in [0.05, 0.1) is 6.61 Å². The van der Waals surface area contributed by atoms with Crippen molar-refractivity contribution in [3.05, 3.63) is 0 Å². The lowest BCUT2D eigenvalue weighted by Gasteiger charge is -2.14. The van der Waals surface area contributed by atoms with E-state index in [4.69, 9.17) is 10.5 Å². The van der Waals surface area contributed by atoms with Crippen LogP contribution in [0.3, 0.4) is 0 Å². The highest BCUT2D eigenvalue weighted by atomic mass is 16.5. The first-order chi connectivity index (χ1) is 7.85. The first-order valence-corrected chi connectivity index (χ1v) is 6.83. The maximum Gasteiger partial charge on any atom is 0.0591 e. The first kappa shape index (κ1) is 15.9. The molecule has 0 spiro atoms. The van der Waals surface area contributed by atoms with Gasteiger partial charge in [0.2, 0.25) is 0 Å². The molecule has 3 N–H and O–H groups in total. The minimum atomic E-state index is 0.754. The molecule has 3 heteroatoms. The van der Waals surface area contributed by atoms with E-state index in [2.05, 4.69) is 19.2 Å². The molecule has 0 aromatic carbocycles. The van der Waals surface area contributed by atoms with Crippen LogP contribution in [0.25, 0.3) is 0 Å². The summed E-state index contributed by atoms with van der Waals surface area (Å²) in [7, 11) is 0. The van der Waals surface area contributed by atoms with E-state index < -0.39 is 0 Å². The van der Waals surface area contributed by atoms with Gasteiger partial charge in [0.15, 0.2) is 0 Å². The maximum atomic E-state index is 5.67. The van der Waals surface area contributed by atoms with Crippen LogP contribution in [-0.2, 0) is 4.74 Å². The van der Waals surface area contributed by atoms with Gasteiger partial charge in [0, 0.05) is 13.2 Å². The van der Waals surface area contributed by atoms with Crippen LogP contribution in [0.15, 0.2) is 0 Å². The zero-order valence-corrected chi connectivity index (χ0v) is 11.1. The SMILES string of the molecule is CCCCC(CC)COCCNCCCN. The number of hydrogen-bond acceptors (Lipinski definition) is 3. The van der Waals surface area contributed by atoms with Crippen LogP contribution in [0.2, 0.25) is 0 Å². The van der Waals surface area contributed by atoms with Gasteiger partial charge in [-0.3, -0.25) is 0 Å². The number of rotatable bonds is 12. The van der Waals surface area contributed by atoms with Crippen LogP contribution < -0.4 is 11.1 Å². The molecule has 1 atom stereocenters. The molecule has 1 unspecified atom stereocenters. The summed E-state index contributed by atoms with van der Waals surface area (Å²) in [5.41, 5.74) is 5.40. The first-order valence-electron chi connectivity index (χ1n) is 6.83. The third-order valence-corrected chi connectivity index (χ3v) is 2.88.